The standard InChI is InChI=1S/C10H20O4S/c1-9(2)14-6-7-15(11,12)10-4-3-5-13-8-10/h9-10H,3-8H2,1-2H3/t10-/m1/s1. The molecule has 0 aliphatic carbocycles. The molecule has 0 N–H and O–H groups in total. The molecule has 5 heteroatoms. The molecule has 90 valence electrons. The molecule has 1 rings (SSSR count). The lowest BCUT2D eigenvalue weighted by Gasteiger charge is -2.22. The summed E-state index contributed by atoms with van der Waals surface area (Å²) in [5.74, 6) is 0.110. The Kier molecular flexibility index (Phi) is 5.02. The highest BCUT2D eigenvalue weighted by Gasteiger charge is 2.27. The molecular formula is C10H20O4S. The van der Waals surface area contributed by atoms with Crippen molar-refractivity contribution in [1.82, 2.24) is 0 Å². The van der Waals surface area contributed by atoms with Gasteiger partial charge in [0, 0.05) is 6.61 Å². The molecule has 1 fully saturated rings. The number of ether oxygens (including phenoxy) is 2. The van der Waals surface area contributed by atoms with Crippen molar-refractivity contribution in [3.8, 4) is 0 Å². The quantitative estimate of drug-likeness (QED) is 0.714. The van der Waals surface area contributed by atoms with Crippen LogP contribution in [0, 0.1) is 0 Å². The molecule has 0 radical (unpaired) electrons. The Morgan fingerprint density at radius 2 is 2.20 bits per heavy atom. The van der Waals surface area contributed by atoms with Crippen molar-refractivity contribution in [2.75, 3.05) is 25.6 Å². The van der Waals surface area contributed by atoms with Crippen LogP contribution in [0.1, 0.15) is 26.7 Å². The van der Waals surface area contributed by atoms with Crippen molar-refractivity contribution in [2.45, 2.75) is 38.0 Å². The maximum absolute atomic E-state index is 11.8. The molecule has 0 unspecified atom stereocenters. The molecule has 0 bridgehead atoms. The Morgan fingerprint density at radius 3 is 2.73 bits per heavy atom. The van der Waals surface area contributed by atoms with E-state index in [1.165, 1.54) is 0 Å². The molecule has 1 saturated heterocycles. The smallest absolute Gasteiger partial charge is 0.157 e. The highest BCUT2D eigenvalue weighted by atomic mass is 32.2. The third-order valence-electron chi connectivity index (χ3n) is 2.45. The lowest BCUT2D eigenvalue weighted by molar-refractivity contribution is 0.0886. The first-order valence-electron chi connectivity index (χ1n) is 5.43. The molecule has 0 amide bonds. The van der Waals surface area contributed by atoms with Crippen LogP contribution in [0.2, 0.25) is 0 Å². The Hall–Kier alpha value is -0.130. The van der Waals surface area contributed by atoms with E-state index in [4.69, 9.17) is 9.47 Å². The van der Waals surface area contributed by atoms with Crippen LogP contribution in [-0.2, 0) is 19.3 Å². The first kappa shape index (κ1) is 12.9. The summed E-state index contributed by atoms with van der Waals surface area (Å²) in [5.41, 5.74) is 0. The molecule has 15 heavy (non-hydrogen) atoms. The predicted octanol–water partition coefficient (Wildman–Crippen LogP) is 1.01. The monoisotopic (exact) mass is 236 g/mol. The topological polar surface area (TPSA) is 52.6 Å². The van der Waals surface area contributed by atoms with Crippen LogP contribution in [0.4, 0.5) is 0 Å². The van der Waals surface area contributed by atoms with Crippen LogP contribution in [0.3, 0.4) is 0 Å². The largest absolute Gasteiger partial charge is 0.380 e. The molecule has 0 aromatic carbocycles. The van der Waals surface area contributed by atoms with Gasteiger partial charge in [0.25, 0.3) is 0 Å². The molecule has 1 aliphatic heterocycles. The lowest BCUT2D eigenvalue weighted by atomic mass is 10.2. The SMILES string of the molecule is CC(C)OCCS(=O)(=O)[C@@H]1CCCOC1. The molecule has 0 aromatic rings. The van der Waals surface area contributed by atoms with Crippen LogP contribution in [-0.4, -0.2) is 45.3 Å². The van der Waals surface area contributed by atoms with Gasteiger partial charge in [-0.05, 0) is 26.7 Å². The number of hydrogen-bond acceptors (Lipinski definition) is 4. The molecule has 1 heterocycles. The van der Waals surface area contributed by atoms with Gasteiger partial charge in [0.2, 0.25) is 0 Å². The first-order valence-corrected chi connectivity index (χ1v) is 7.15. The van der Waals surface area contributed by atoms with E-state index in [9.17, 15) is 8.42 Å². The van der Waals surface area contributed by atoms with Gasteiger partial charge >= 0.3 is 0 Å². The summed E-state index contributed by atoms with van der Waals surface area (Å²) in [5, 5.41) is -0.318. The highest BCUT2D eigenvalue weighted by molar-refractivity contribution is 7.92. The maximum atomic E-state index is 11.8. The van der Waals surface area contributed by atoms with Crippen LogP contribution >= 0.6 is 0 Å². The highest BCUT2D eigenvalue weighted by Crippen LogP contribution is 2.15. The van der Waals surface area contributed by atoms with E-state index in [0.717, 1.165) is 12.8 Å². The van der Waals surface area contributed by atoms with Gasteiger partial charge < -0.3 is 9.47 Å². The second kappa shape index (κ2) is 5.82. The van der Waals surface area contributed by atoms with Gasteiger partial charge in [0.15, 0.2) is 9.84 Å². The van der Waals surface area contributed by atoms with E-state index in [0.29, 0.717) is 13.2 Å². The number of sulfone groups is 1. The van der Waals surface area contributed by atoms with Crippen LogP contribution in [0.15, 0.2) is 0 Å². The average molecular weight is 236 g/mol. The van der Waals surface area contributed by atoms with Gasteiger partial charge in [-0.25, -0.2) is 8.42 Å². The maximum Gasteiger partial charge on any atom is 0.157 e. The van der Waals surface area contributed by atoms with Gasteiger partial charge in [-0.15, -0.1) is 0 Å². The number of hydrogen-bond donors (Lipinski definition) is 0. The van der Waals surface area contributed by atoms with Crippen LogP contribution in [0.25, 0.3) is 0 Å². The Labute approximate surface area is 91.9 Å². The van der Waals surface area contributed by atoms with Crippen LogP contribution in [0.5, 0.6) is 0 Å². The third-order valence-corrected chi connectivity index (χ3v) is 4.57. The minimum atomic E-state index is -3.03. The predicted molar refractivity (Wildman–Crippen MR) is 58.7 cm³/mol. The van der Waals surface area contributed by atoms with Crippen molar-refractivity contribution >= 4 is 9.84 Å². The van der Waals surface area contributed by atoms with Gasteiger partial charge in [-0.1, -0.05) is 0 Å². The van der Waals surface area contributed by atoms with E-state index >= 15 is 0 Å². The molecule has 4 nitrogen and oxygen atoms in total. The minimum Gasteiger partial charge on any atom is -0.380 e. The Bertz CT molecular complexity index is 265. The van der Waals surface area contributed by atoms with E-state index in [2.05, 4.69) is 0 Å². The fraction of sp³-hybridized carbons (Fsp3) is 1.00. The lowest BCUT2D eigenvalue weighted by Crippen LogP contribution is -2.34. The molecule has 0 spiro atoms. The summed E-state index contributed by atoms with van der Waals surface area (Å²) in [6.07, 6.45) is 1.65. The van der Waals surface area contributed by atoms with Crippen molar-refractivity contribution in [1.29, 1.82) is 0 Å². The number of rotatable bonds is 5. The van der Waals surface area contributed by atoms with E-state index in [1.807, 2.05) is 13.8 Å². The van der Waals surface area contributed by atoms with Crippen molar-refractivity contribution in [2.24, 2.45) is 0 Å². The summed E-state index contributed by atoms with van der Waals surface area (Å²) in [7, 11) is -3.03. The van der Waals surface area contributed by atoms with E-state index in [-0.39, 0.29) is 23.7 Å². The minimum absolute atomic E-state index is 0.0859. The zero-order valence-corrected chi connectivity index (χ0v) is 10.3. The fourth-order valence-electron chi connectivity index (χ4n) is 1.56. The molecule has 1 atom stereocenters. The molecule has 0 aromatic heterocycles. The average Bonchev–Trinajstić information content (AvgIpc) is 2.18. The van der Waals surface area contributed by atoms with Gasteiger partial charge in [-0.3, -0.25) is 0 Å². The second-order valence-electron chi connectivity index (χ2n) is 4.13. The van der Waals surface area contributed by atoms with Crippen molar-refractivity contribution in [3.63, 3.8) is 0 Å². The first-order chi connectivity index (χ1) is 7.02. The van der Waals surface area contributed by atoms with Gasteiger partial charge in [-0.2, -0.15) is 0 Å². The summed E-state index contributed by atoms with van der Waals surface area (Å²) < 4.78 is 34.0. The molecule has 0 saturated carbocycles. The normalized spacial score (nSPS) is 23.3. The van der Waals surface area contributed by atoms with E-state index in [1.54, 1.807) is 0 Å². The molecule has 1 aliphatic rings. The summed E-state index contributed by atoms with van der Waals surface area (Å²) in [6.45, 7) is 5.13. The van der Waals surface area contributed by atoms with Crippen LogP contribution < -0.4 is 0 Å². The molecular weight excluding hydrogens is 216 g/mol. The fourth-order valence-corrected chi connectivity index (χ4v) is 3.05. The van der Waals surface area contributed by atoms with Crippen molar-refractivity contribution < 1.29 is 17.9 Å². The van der Waals surface area contributed by atoms with Crippen molar-refractivity contribution in [3.05, 3.63) is 0 Å². The zero-order chi connectivity index (χ0) is 11.3. The summed E-state index contributed by atoms with van der Waals surface area (Å²) in [4.78, 5) is 0. The second-order valence-corrected chi connectivity index (χ2v) is 6.53. The summed E-state index contributed by atoms with van der Waals surface area (Å²) >= 11 is 0. The summed E-state index contributed by atoms with van der Waals surface area (Å²) in [6, 6.07) is 0. The third kappa shape index (κ3) is 4.49. The van der Waals surface area contributed by atoms with E-state index < -0.39 is 9.84 Å². The van der Waals surface area contributed by atoms with Gasteiger partial charge in [0.1, 0.15) is 0 Å². The zero-order valence-electron chi connectivity index (χ0n) is 9.44. The Balaban J connectivity index is 2.36. The Morgan fingerprint density at radius 1 is 1.47 bits per heavy atom. The van der Waals surface area contributed by atoms with Gasteiger partial charge in [0.05, 0.1) is 30.3 Å².